The van der Waals surface area contributed by atoms with Gasteiger partial charge in [-0.1, -0.05) is 0 Å². The lowest BCUT2D eigenvalue weighted by Gasteiger charge is -2.15. The van der Waals surface area contributed by atoms with E-state index in [4.69, 9.17) is 5.11 Å². The Balaban J connectivity index is 2.72. The van der Waals surface area contributed by atoms with Crippen molar-refractivity contribution in [2.45, 2.75) is 39.2 Å². The van der Waals surface area contributed by atoms with Crippen LogP contribution in [0.15, 0.2) is 11.1 Å². The maximum absolute atomic E-state index is 11.8. The summed E-state index contributed by atoms with van der Waals surface area (Å²) in [4.78, 5) is 34.2. The standard InChI is InChI=1S/C12H18N2O4/c1-7(8(2)12(17)18)10(15)14-9-5-3-4-6-13-11(9)16/h9H,3-6H2,1-2H3,(H,13,16)(H,14,15)(H,17,18)/b8-7-. The minimum atomic E-state index is -1.13. The average Bonchev–Trinajstić information content (AvgIpc) is 2.53. The van der Waals surface area contributed by atoms with Crippen molar-refractivity contribution in [3.8, 4) is 0 Å². The molecule has 0 aromatic rings. The van der Waals surface area contributed by atoms with Gasteiger partial charge in [0.05, 0.1) is 0 Å². The highest BCUT2D eigenvalue weighted by Crippen LogP contribution is 2.08. The van der Waals surface area contributed by atoms with Crippen molar-refractivity contribution in [3.63, 3.8) is 0 Å². The first kappa shape index (κ1) is 14.2. The second-order valence-electron chi connectivity index (χ2n) is 4.37. The molecule has 0 bridgehead atoms. The molecule has 1 aliphatic rings. The second-order valence-corrected chi connectivity index (χ2v) is 4.37. The molecule has 1 rings (SSSR count). The van der Waals surface area contributed by atoms with Crippen LogP contribution in [0.3, 0.4) is 0 Å². The molecular formula is C12H18N2O4. The molecule has 0 saturated carbocycles. The number of rotatable bonds is 3. The molecule has 1 unspecified atom stereocenters. The van der Waals surface area contributed by atoms with Crippen molar-refractivity contribution < 1.29 is 19.5 Å². The van der Waals surface area contributed by atoms with E-state index in [1.807, 2.05) is 0 Å². The van der Waals surface area contributed by atoms with Crippen LogP contribution in [0, 0.1) is 0 Å². The molecule has 3 N–H and O–H groups in total. The maximum atomic E-state index is 11.8. The molecule has 0 radical (unpaired) electrons. The summed E-state index contributed by atoms with van der Waals surface area (Å²) >= 11 is 0. The Bertz CT molecular complexity index is 401. The minimum Gasteiger partial charge on any atom is -0.478 e. The van der Waals surface area contributed by atoms with E-state index in [2.05, 4.69) is 10.6 Å². The first-order valence-corrected chi connectivity index (χ1v) is 5.93. The fraction of sp³-hybridized carbons (Fsp3) is 0.583. The summed E-state index contributed by atoms with van der Waals surface area (Å²) in [6.45, 7) is 3.42. The van der Waals surface area contributed by atoms with Crippen molar-refractivity contribution in [3.05, 3.63) is 11.1 Å². The highest BCUT2D eigenvalue weighted by atomic mass is 16.4. The van der Waals surface area contributed by atoms with Crippen molar-refractivity contribution in [2.75, 3.05) is 6.54 Å². The summed E-state index contributed by atoms with van der Waals surface area (Å²) < 4.78 is 0. The summed E-state index contributed by atoms with van der Waals surface area (Å²) in [6.07, 6.45) is 2.32. The lowest BCUT2D eigenvalue weighted by atomic mass is 10.1. The number of carboxylic acid groups (broad SMARTS) is 1. The second kappa shape index (κ2) is 6.18. The van der Waals surface area contributed by atoms with Crippen LogP contribution in [-0.2, 0) is 14.4 Å². The quantitative estimate of drug-likeness (QED) is 0.627. The van der Waals surface area contributed by atoms with Gasteiger partial charge in [-0.3, -0.25) is 9.59 Å². The third kappa shape index (κ3) is 3.58. The average molecular weight is 254 g/mol. The van der Waals surface area contributed by atoms with Gasteiger partial charge in [-0.15, -0.1) is 0 Å². The molecular weight excluding hydrogens is 236 g/mol. The normalized spacial score (nSPS) is 21.4. The maximum Gasteiger partial charge on any atom is 0.331 e. The molecule has 1 aliphatic heterocycles. The third-order valence-electron chi connectivity index (χ3n) is 3.06. The van der Waals surface area contributed by atoms with Gasteiger partial charge in [0.25, 0.3) is 0 Å². The lowest BCUT2D eigenvalue weighted by molar-refractivity contribution is -0.133. The van der Waals surface area contributed by atoms with E-state index in [0.717, 1.165) is 12.8 Å². The van der Waals surface area contributed by atoms with E-state index in [1.165, 1.54) is 13.8 Å². The summed E-state index contributed by atoms with van der Waals surface area (Å²) in [7, 11) is 0. The predicted molar refractivity (Wildman–Crippen MR) is 64.8 cm³/mol. The van der Waals surface area contributed by atoms with Crippen LogP contribution in [0.25, 0.3) is 0 Å². The highest BCUT2D eigenvalue weighted by Gasteiger charge is 2.23. The lowest BCUT2D eigenvalue weighted by Crippen LogP contribution is -2.45. The molecule has 0 spiro atoms. The summed E-state index contributed by atoms with van der Waals surface area (Å²) in [5, 5.41) is 14.1. The van der Waals surface area contributed by atoms with Crippen LogP contribution in [0.2, 0.25) is 0 Å². The third-order valence-corrected chi connectivity index (χ3v) is 3.06. The number of carbonyl (C=O) groups is 3. The number of carboxylic acids is 1. The van der Waals surface area contributed by atoms with Gasteiger partial charge in [-0.25, -0.2) is 4.79 Å². The predicted octanol–water partition coefficient (Wildman–Crippen LogP) is 0.192. The Morgan fingerprint density at radius 2 is 1.94 bits per heavy atom. The van der Waals surface area contributed by atoms with Gasteiger partial charge in [0.1, 0.15) is 6.04 Å². The topological polar surface area (TPSA) is 95.5 Å². The van der Waals surface area contributed by atoms with E-state index < -0.39 is 17.9 Å². The molecule has 6 heteroatoms. The van der Waals surface area contributed by atoms with E-state index >= 15 is 0 Å². The molecule has 1 heterocycles. The first-order valence-electron chi connectivity index (χ1n) is 5.93. The fourth-order valence-corrected chi connectivity index (χ4v) is 1.67. The Morgan fingerprint density at radius 3 is 2.56 bits per heavy atom. The SMILES string of the molecule is C/C(C(=O)O)=C(\C)C(=O)NC1CCCCNC1=O. The molecule has 0 aromatic heterocycles. The summed E-state index contributed by atoms with van der Waals surface area (Å²) in [5.41, 5.74) is 0.112. The van der Waals surface area contributed by atoms with Gasteiger partial charge < -0.3 is 15.7 Å². The van der Waals surface area contributed by atoms with Crippen LogP contribution in [0.5, 0.6) is 0 Å². The van der Waals surface area contributed by atoms with E-state index in [0.29, 0.717) is 13.0 Å². The summed E-state index contributed by atoms with van der Waals surface area (Å²) in [6, 6.07) is -0.573. The molecule has 1 atom stereocenters. The summed E-state index contributed by atoms with van der Waals surface area (Å²) in [5.74, 6) is -1.84. The first-order chi connectivity index (χ1) is 8.43. The highest BCUT2D eigenvalue weighted by molar-refractivity contribution is 6.02. The number of nitrogens with one attached hydrogen (secondary N) is 2. The molecule has 2 amide bonds. The van der Waals surface area contributed by atoms with E-state index in [1.54, 1.807) is 0 Å². The monoisotopic (exact) mass is 254 g/mol. The molecule has 6 nitrogen and oxygen atoms in total. The number of hydrogen-bond acceptors (Lipinski definition) is 3. The van der Waals surface area contributed by atoms with Crippen molar-refractivity contribution in [1.29, 1.82) is 0 Å². The Labute approximate surface area is 105 Å². The molecule has 100 valence electrons. The van der Waals surface area contributed by atoms with Crippen molar-refractivity contribution in [2.24, 2.45) is 0 Å². The van der Waals surface area contributed by atoms with Crippen LogP contribution in [0.1, 0.15) is 33.1 Å². The largest absolute Gasteiger partial charge is 0.478 e. The fourth-order valence-electron chi connectivity index (χ4n) is 1.67. The van der Waals surface area contributed by atoms with Crippen LogP contribution < -0.4 is 10.6 Å². The van der Waals surface area contributed by atoms with Crippen LogP contribution >= 0.6 is 0 Å². The number of amides is 2. The van der Waals surface area contributed by atoms with Gasteiger partial charge in [-0.2, -0.15) is 0 Å². The molecule has 1 saturated heterocycles. The smallest absolute Gasteiger partial charge is 0.331 e. The van der Waals surface area contributed by atoms with Gasteiger partial charge in [0.15, 0.2) is 0 Å². The molecule has 0 aromatic carbocycles. The van der Waals surface area contributed by atoms with Crippen molar-refractivity contribution >= 4 is 17.8 Å². The van der Waals surface area contributed by atoms with Gasteiger partial charge >= 0.3 is 5.97 Å². The zero-order chi connectivity index (χ0) is 13.7. The zero-order valence-electron chi connectivity index (χ0n) is 10.6. The number of hydrogen-bond donors (Lipinski definition) is 3. The number of carbonyl (C=O) groups excluding carboxylic acids is 2. The van der Waals surface area contributed by atoms with Gasteiger partial charge in [0.2, 0.25) is 11.8 Å². The molecule has 18 heavy (non-hydrogen) atoms. The Kier molecular flexibility index (Phi) is 4.88. The molecule has 0 aliphatic carbocycles. The Morgan fingerprint density at radius 1 is 1.28 bits per heavy atom. The van der Waals surface area contributed by atoms with Crippen molar-refractivity contribution in [1.82, 2.24) is 10.6 Å². The van der Waals surface area contributed by atoms with Gasteiger partial charge in [-0.05, 0) is 33.1 Å². The van der Waals surface area contributed by atoms with Crippen LogP contribution in [-0.4, -0.2) is 35.5 Å². The Hall–Kier alpha value is -1.85. The van der Waals surface area contributed by atoms with E-state index in [9.17, 15) is 14.4 Å². The van der Waals surface area contributed by atoms with E-state index in [-0.39, 0.29) is 17.1 Å². The van der Waals surface area contributed by atoms with Crippen LogP contribution in [0.4, 0.5) is 0 Å². The zero-order valence-corrected chi connectivity index (χ0v) is 10.6. The number of aliphatic carboxylic acids is 1. The minimum absolute atomic E-state index is 0.0125. The van der Waals surface area contributed by atoms with Gasteiger partial charge in [0, 0.05) is 17.7 Å². The molecule has 1 fully saturated rings.